The van der Waals surface area contributed by atoms with Crippen LogP contribution in [0.5, 0.6) is 0 Å². The molecule has 2 aromatic heterocycles. The molecule has 4 aliphatic carbocycles. The second-order valence-electron chi connectivity index (χ2n) is 11.8. The molecule has 5 nitrogen and oxygen atoms in total. The second kappa shape index (κ2) is 8.09. The lowest BCUT2D eigenvalue weighted by molar-refractivity contribution is -0.00944. The van der Waals surface area contributed by atoms with Crippen molar-refractivity contribution in [2.24, 2.45) is 17.8 Å². The van der Waals surface area contributed by atoms with Gasteiger partial charge in [0.25, 0.3) is 0 Å². The molecule has 36 heavy (non-hydrogen) atoms. The van der Waals surface area contributed by atoms with Crippen molar-refractivity contribution >= 4 is 0 Å². The first-order valence-corrected chi connectivity index (χ1v) is 13.4. The van der Waals surface area contributed by atoms with Crippen molar-refractivity contribution in [1.29, 1.82) is 0 Å². The summed E-state index contributed by atoms with van der Waals surface area (Å²) in [7, 11) is 0. The van der Waals surface area contributed by atoms with Gasteiger partial charge in [0.2, 0.25) is 0 Å². The molecule has 0 atom stereocenters. The van der Waals surface area contributed by atoms with Crippen LogP contribution in [0.25, 0.3) is 28.5 Å². The van der Waals surface area contributed by atoms with Crippen LogP contribution in [0.15, 0.2) is 55.1 Å². The molecule has 4 bridgehead atoms. The highest BCUT2D eigenvalue weighted by Crippen LogP contribution is 2.60. The Balaban J connectivity index is 1.26. The molecule has 5 heteroatoms. The Bertz CT molecular complexity index is 1410. The largest absolute Gasteiger partial charge is 0.299 e. The predicted molar refractivity (Wildman–Crippen MR) is 142 cm³/mol. The summed E-state index contributed by atoms with van der Waals surface area (Å²) in [5, 5.41) is 0. The molecular formula is C31H33N5. The van der Waals surface area contributed by atoms with E-state index in [0.717, 1.165) is 46.4 Å². The van der Waals surface area contributed by atoms with Gasteiger partial charge in [0.15, 0.2) is 5.82 Å². The van der Waals surface area contributed by atoms with Gasteiger partial charge in [0, 0.05) is 28.9 Å². The molecule has 4 aromatic rings. The molecule has 4 saturated carbocycles. The van der Waals surface area contributed by atoms with E-state index in [0.29, 0.717) is 0 Å². The van der Waals surface area contributed by atoms with E-state index in [-0.39, 0.29) is 5.41 Å². The van der Waals surface area contributed by atoms with Crippen LogP contribution < -0.4 is 0 Å². The number of rotatable bonds is 4. The zero-order valence-electron chi connectivity index (χ0n) is 21.4. The van der Waals surface area contributed by atoms with Crippen LogP contribution in [0.4, 0.5) is 0 Å². The van der Waals surface area contributed by atoms with E-state index in [1.54, 1.807) is 6.33 Å². The van der Waals surface area contributed by atoms with Gasteiger partial charge in [-0.05, 0) is 94.2 Å². The number of nitrogens with zero attached hydrogens (tertiary/aromatic N) is 5. The van der Waals surface area contributed by atoms with E-state index in [4.69, 9.17) is 15.0 Å². The zero-order chi connectivity index (χ0) is 24.4. The molecule has 0 amide bonds. The Morgan fingerprint density at radius 1 is 0.806 bits per heavy atom. The third-order valence-electron chi connectivity index (χ3n) is 8.98. The highest BCUT2D eigenvalue weighted by molar-refractivity contribution is 5.68. The number of aromatic nitrogens is 5. The summed E-state index contributed by atoms with van der Waals surface area (Å²) in [6, 6.07) is 13.0. The molecule has 0 spiro atoms. The van der Waals surface area contributed by atoms with Gasteiger partial charge in [-0.3, -0.25) is 4.57 Å². The predicted octanol–water partition coefficient (Wildman–Crippen LogP) is 6.78. The fraction of sp³-hybridized carbons (Fsp3) is 0.419. The minimum atomic E-state index is 0.167. The van der Waals surface area contributed by atoms with Crippen molar-refractivity contribution in [2.75, 3.05) is 0 Å². The van der Waals surface area contributed by atoms with E-state index in [1.165, 1.54) is 60.9 Å². The number of aryl methyl sites for hydroxylation is 3. The highest BCUT2D eigenvalue weighted by atomic mass is 15.1. The summed E-state index contributed by atoms with van der Waals surface area (Å²) in [5.74, 6) is 5.34. The monoisotopic (exact) mass is 475 g/mol. The summed E-state index contributed by atoms with van der Waals surface area (Å²) < 4.78 is 2.21. The maximum atomic E-state index is 5.12. The Morgan fingerprint density at radius 3 is 2.17 bits per heavy atom. The van der Waals surface area contributed by atoms with Crippen LogP contribution in [-0.2, 0) is 5.41 Å². The normalized spacial score (nSPS) is 26.5. The smallest absolute Gasteiger partial charge is 0.163 e. The van der Waals surface area contributed by atoms with Crippen molar-refractivity contribution < 1.29 is 0 Å². The summed E-state index contributed by atoms with van der Waals surface area (Å²) in [4.78, 5) is 19.3. The third-order valence-corrected chi connectivity index (χ3v) is 8.98. The molecule has 0 unspecified atom stereocenters. The molecule has 0 aliphatic heterocycles. The Morgan fingerprint density at radius 2 is 1.47 bits per heavy atom. The Kier molecular flexibility index (Phi) is 4.92. The molecule has 2 heterocycles. The Labute approximate surface area is 213 Å². The van der Waals surface area contributed by atoms with E-state index in [9.17, 15) is 0 Å². The maximum absolute atomic E-state index is 5.12. The number of hydrogen-bond acceptors (Lipinski definition) is 4. The third kappa shape index (κ3) is 3.51. The first kappa shape index (κ1) is 21.9. The van der Waals surface area contributed by atoms with Gasteiger partial charge < -0.3 is 0 Å². The molecule has 0 saturated heterocycles. The van der Waals surface area contributed by atoms with Gasteiger partial charge in [-0.2, -0.15) is 0 Å². The molecule has 182 valence electrons. The van der Waals surface area contributed by atoms with Crippen molar-refractivity contribution in [1.82, 2.24) is 24.5 Å². The first-order chi connectivity index (χ1) is 17.5. The van der Waals surface area contributed by atoms with Crippen molar-refractivity contribution in [3.05, 3.63) is 77.6 Å². The molecule has 4 fully saturated rings. The number of hydrogen-bond donors (Lipinski definition) is 0. The highest BCUT2D eigenvalue weighted by Gasteiger charge is 2.53. The van der Waals surface area contributed by atoms with Crippen LogP contribution in [-0.4, -0.2) is 24.5 Å². The number of imidazole rings is 1. The Hall–Kier alpha value is -3.34. The van der Waals surface area contributed by atoms with Crippen molar-refractivity contribution in [3.63, 3.8) is 0 Å². The van der Waals surface area contributed by atoms with Gasteiger partial charge in [-0.15, -0.1) is 0 Å². The van der Waals surface area contributed by atoms with Gasteiger partial charge in [0.05, 0.1) is 5.69 Å². The van der Waals surface area contributed by atoms with Crippen LogP contribution in [0.3, 0.4) is 0 Å². The summed E-state index contributed by atoms with van der Waals surface area (Å²) >= 11 is 0. The lowest BCUT2D eigenvalue weighted by Crippen LogP contribution is -2.49. The van der Waals surface area contributed by atoms with Gasteiger partial charge >= 0.3 is 0 Å². The topological polar surface area (TPSA) is 56.5 Å². The van der Waals surface area contributed by atoms with Crippen molar-refractivity contribution in [2.45, 2.75) is 64.7 Å². The number of benzene rings is 2. The first-order valence-electron chi connectivity index (χ1n) is 13.4. The average molecular weight is 476 g/mol. The summed E-state index contributed by atoms with van der Waals surface area (Å²) in [5.41, 5.74) is 7.23. The summed E-state index contributed by atoms with van der Waals surface area (Å²) in [6.07, 6.45) is 13.7. The van der Waals surface area contributed by atoms with Crippen LogP contribution in [0, 0.1) is 38.5 Å². The minimum absolute atomic E-state index is 0.167. The molecule has 0 N–H and O–H groups in total. The molecular weight excluding hydrogens is 442 g/mol. The average Bonchev–Trinajstić information content (AvgIpc) is 3.32. The van der Waals surface area contributed by atoms with E-state index in [1.807, 2.05) is 6.20 Å². The van der Waals surface area contributed by atoms with Crippen LogP contribution >= 0.6 is 0 Å². The fourth-order valence-electron chi connectivity index (χ4n) is 8.12. The lowest BCUT2D eigenvalue weighted by Gasteiger charge is -2.55. The van der Waals surface area contributed by atoms with Crippen LogP contribution in [0.1, 0.15) is 61.0 Å². The molecule has 0 radical (unpaired) electrons. The summed E-state index contributed by atoms with van der Waals surface area (Å²) in [6.45, 7) is 6.49. The molecule has 4 aliphatic rings. The van der Waals surface area contributed by atoms with E-state index < -0.39 is 0 Å². The zero-order valence-corrected chi connectivity index (χ0v) is 21.4. The van der Waals surface area contributed by atoms with E-state index >= 15 is 0 Å². The minimum Gasteiger partial charge on any atom is -0.299 e. The molecule has 2 aromatic carbocycles. The van der Waals surface area contributed by atoms with Gasteiger partial charge in [-0.1, -0.05) is 35.9 Å². The van der Waals surface area contributed by atoms with Gasteiger partial charge in [-0.25, -0.2) is 19.9 Å². The van der Waals surface area contributed by atoms with Crippen molar-refractivity contribution in [3.8, 4) is 28.5 Å². The maximum Gasteiger partial charge on any atom is 0.163 e. The molecule has 8 rings (SSSR count). The lowest BCUT2D eigenvalue weighted by atomic mass is 9.49. The standard InChI is InChI=1S/C31H33N5/c1-19-9-20(2)27(21(3)10-19)36-8-7-32-29(36)26-6-4-5-25(14-26)28-33-18-34-30(35-28)31-15-22-11-23(16-31)13-24(12-22)17-31/h4-10,14,18,22-24H,11-13,15-17H2,1-3H3. The fourth-order valence-corrected chi connectivity index (χ4v) is 8.12. The SMILES string of the molecule is Cc1cc(C)c(-n2ccnc2-c2cccc(-c3ncnc(C45CC6CC(CC(C6)C4)C5)n3)c2)c(C)c1. The quantitative estimate of drug-likeness (QED) is 0.326. The second-order valence-corrected chi connectivity index (χ2v) is 11.8. The van der Waals surface area contributed by atoms with E-state index in [2.05, 4.69) is 72.9 Å². The van der Waals surface area contributed by atoms with Crippen LogP contribution in [0.2, 0.25) is 0 Å². The van der Waals surface area contributed by atoms with Gasteiger partial charge in [0.1, 0.15) is 18.0 Å².